The average molecular weight is 358 g/mol. The molecule has 2 rings (SSSR count). The maximum absolute atomic E-state index is 6.25. The predicted molar refractivity (Wildman–Crippen MR) is 87.6 cm³/mol. The quantitative estimate of drug-likeness (QED) is 0.594. The highest BCUT2D eigenvalue weighted by Gasteiger charge is 2.12. The zero-order valence-electron chi connectivity index (χ0n) is 10.5. The van der Waals surface area contributed by atoms with E-state index in [4.69, 9.17) is 23.2 Å². The molecule has 1 unspecified atom stereocenters. The van der Waals surface area contributed by atoms with E-state index in [0.717, 1.165) is 23.7 Å². The predicted octanol–water partition coefficient (Wildman–Crippen LogP) is 5.79. The first-order valence-corrected chi connectivity index (χ1v) is 8.11. The molecule has 0 aromatic heterocycles. The van der Waals surface area contributed by atoms with Crippen LogP contribution in [0.4, 0.5) is 0 Å². The average Bonchev–Trinajstić information content (AvgIpc) is 2.44. The Bertz CT molecular complexity index is 526. The van der Waals surface area contributed by atoms with Crippen LogP contribution < -0.4 is 0 Å². The molecule has 2 aromatic carbocycles. The van der Waals surface area contributed by atoms with Crippen LogP contribution in [0.25, 0.3) is 0 Å². The lowest BCUT2D eigenvalue weighted by molar-refractivity contribution is 0.591. The van der Waals surface area contributed by atoms with Gasteiger partial charge in [-0.15, -0.1) is 0 Å². The van der Waals surface area contributed by atoms with E-state index in [1.165, 1.54) is 5.56 Å². The molecule has 100 valence electrons. The molecule has 0 aliphatic rings. The molecule has 0 spiro atoms. The van der Waals surface area contributed by atoms with E-state index in [1.807, 2.05) is 18.2 Å². The fraction of sp³-hybridized carbons (Fsp3) is 0.250. The maximum atomic E-state index is 6.25. The molecule has 0 nitrogen and oxygen atoms in total. The van der Waals surface area contributed by atoms with Crippen molar-refractivity contribution >= 4 is 39.1 Å². The Kier molecular flexibility index (Phi) is 5.75. The summed E-state index contributed by atoms with van der Waals surface area (Å²) in [4.78, 5) is 0. The zero-order chi connectivity index (χ0) is 13.7. The topological polar surface area (TPSA) is 0 Å². The van der Waals surface area contributed by atoms with Crippen LogP contribution in [0.5, 0.6) is 0 Å². The van der Waals surface area contributed by atoms with E-state index in [9.17, 15) is 0 Å². The van der Waals surface area contributed by atoms with E-state index in [-0.39, 0.29) is 0 Å². The van der Waals surface area contributed by atoms with Gasteiger partial charge in [-0.25, -0.2) is 0 Å². The highest BCUT2D eigenvalue weighted by Crippen LogP contribution is 2.28. The minimum atomic E-state index is 0.512. The Morgan fingerprint density at radius 3 is 2.32 bits per heavy atom. The summed E-state index contributed by atoms with van der Waals surface area (Å²) in [5.41, 5.74) is 2.47. The molecule has 0 heterocycles. The van der Waals surface area contributed by atoms with Gasteiger partial charge in [0.25, 0.3) is 0 Å². The normalized spacial score (nSPS) is 12.4. The van der Waals surface area contributed by atoms with Crippen molar-refractivity contribution in [3.05, 3.63) is 69.7 Å². The summed E-state index contributed by atoms with van der Waals surface area (Å²) in [7, 11) is 0. The molecule has 0 aliphatic heterocycles. The van der Waals surface area contributed by atoms with Crippen LogP contribution in [0.3, 0.4) is 0 Å². The third-order valence-corrected chi connectivity index (χ3v) is 4.90. The van der Waals surface area contributed by atoms with E-state index >= 15 is 0 Å². The molecule has 1 atom stereocenters. The number of halogens is 3. The lowest BCUT2D eigenvalue weighted by atomic mass is 9.94. The Morgan fingerprint density at radius 1 is 0.895 bits per heavy atom. The molecular weight excluding hydrogens is 343 g/mol. The summed E-state index contributed by atoms with van der Waals surface area (Å²) in [5, 5.41) is 2.26. The fourth-order valence-electron chi connectivity index (χ4n) is 2.15. The van der Waals surface area contributed by atoms with Gasteiger partial charge in [0.1, 0.15) is 0 Å². The molecule has 0 saturated carbocycles. The van der Waals surface area contributed by atoms with Crippen molar-refractivity contribution in [2.75, 3.05) is 5.33 Å². The first-order chi connectivity index (χ1) is 9.20. The third kappa shape index (κ3) is 4.24. The Balaban J connectivity index is 2.09. The lowest BCUT2D eigenvalue weighted by Crippen LogP contribution is -2.10. The number of benzene rings is 2. The minimum Gasteiger partial charge on any atom is -0.0925 e. The third-order valence-electron chi connectivity index (χ3n) is 3.13. The standard InChI is InChI=1S/C16H15BrCl2/c17-11-13(9-12-5-2-1-3-6-12)10-14-7-4-8-15(18)16(14)19/h1-8,13H,9-11H2. The van der Waals surface area contributed by atoms with Gasteiger partial charge in [0.05, 0.1) is 10.0 Å². The van der Waals surface area contributed by atoms with Crippen molar-refractivity contribution < 1.29 is 0 Å². The van der Waals surface area contributed by atoms with Gasteiger partial charge in [-0.1, -0.05) is 81.6 Å². The molecule has 0 bridgehead atoms. The maximum Gasteiger partial charge on any atom is 0.0624 e. The number of alkyl halides is 1. The molecule has 0 aliphatic carbocycles. The molecule has 0 fully saturated rings. The van der Waals surface area contributed by atoms with Crippen LogP contribution in [-0.2, 0) is 12.8 Å². The molecule has 0 saturated heterocycles. The van der Waals surface area contributed by atoms with E-state index in [0.29, 0.717) is 16.0 Å². The molecule has 19 heavy (non-hydrogen) atoms. The highest BCUT2D eigenvalue weighted by molar-refractivity contribution is 9.09. The Hall–Kier alpha value is -0.500. The van der Waals surface area contributed by atoms with Crippen LogP contribution in [0.15, 0.2) is 48.5 Å². The van der Waals surface area contributed by atoms with Gasteiger partial charge in [0, 0.05) is 5.33 Å². The molecule has 0 N–H and O–H groups in total. The summed E-state index contributed by atoms with van der Waals surface area (Å²) >= 11 is 15.9. The SMILES string of the molecule is Clc1cccc(CC(CBr)Cc2ccccc2)c1Cl. The van der Waals surface area contributed by atoms with E-state index < -0.39 is 0 Å². The van der Waals surface area contributed by atoms with Crippen LogP contribution >= 0.6 is 39.1 Å². The van der Waals surface area contributed by atoms with Crippen LogP contribution in [0.1, 0.15) is 11.1 Å². The fourth-order valence-corrected chi connectivity index (χ4v) is 3.00. The van der Waals surface area contributed by atoms with Gasteiger partial charge in [0.15, 0.2) is 0 Å². The number of rotatable bonds is 5. The van der Waals surface area contributed by atoms with Crippen molar-refractivity contribution in [3.8, 4) is 0 Å². The van der Waals surface area contributed by atoms with E-state index in [2.05, 4.69) is 46.3 Å². The second-order valence-electron chi connectivity index (χ2n) is 4.63. The molecular formula is C16H15BrCl2. The first kappa shape index (κ1) is 14.9. The summed E-state index contributed by atoms with van der Waals surface area (Å²) < 4.78 is 0. The van der Waals surface area contributed by atoms with Gasteiger partial charge < -0.3 is 0 Å². The van der Waals surface area contributed by atoms with Gasteiger partial charge >= 0.3 is 0 Å². The van der Waals surface area contributed by atoms with Crippen LogP contribution in [0.2, 0.25) is 10.0 Å². The van der Waals surface area contributed by atoms with Crippen LogP contribution in [0, 0.1) is 5.92 Å². The van der Waals surface area contributed by atoms with Gasteiger partial charge in [-0.2, -0.15) is 0 Å². The Labute approximate surface area is 132 Å². The second kappa shape index (κ2) is 7.33. The largest absolute Gasteiger partial charge is 0.0925 e. The highest BCUT2D eigenvalue weighted by atomic mass is 79.9. The van der Waals surface area contributed by atoms with Gasteiger partial charge in [-0.05, 0) is 36.0 Å². The monoisotopic (exact) mass is 356 g/mol. The smallest absolute Gasteiger partial charge is 0.0624 e. The number of hydrogen-bond acceptors (Lipinski definition) is 0. The first-order valence-electron chi connectivity index (χ1n) is 6.23. The minimum absolute atomic E-state index is 0.512. The summed E-state index contributed by atoms with van der Waals surface area (Å²) in [6.07, 6.45) is 1.97. The molecule has 0 amide bonds. The van der Waals surface area contributed by atoms with E-state index in [1.54, 1.807) is 0 Å². The van der Waals surface area contributed by atoms with Crippen LogP contribution in [-0.4, -0.2) is 5.33 Å². The molecule has 2 aromatic rings. The molecule has 0 radical (unpaired) electrons. The van der Waals surface area contributed by atoms with Crippen molar-refractivity contribution in [1.29, 1.82) is 0 Å². The van der Waals surface area contributed by atoms with Crippen molar-refractivity contribution in [3.63, 3.8) is 0 Å². The van der Waals surface area contributed by atoms with Gasteiger partial charge in [-0.3, -0.25) is 0 Å². The summed E-state index contributed by atoms with van der Waals surface area (Å²) in [6, 6.07) is 16.4. The summed E-state index contributed by atoms with van der Waals surface area (Å²) in [5.74, 6) is 0.512. The van der Waals surface area contributed by atoms with Crippen molar-refractivity contribution in [2.45, 2.75) is 12.8 Å². The van der Waals surface area contributed by atoms with Crippen molar-refractivity contribution in [1.82, 2.24) is 0 Å². The lowest BCUT2D eigenvalue weighted by Gasteiger charge is -2.15. The Morgan fingerprint density at radius 2 is 1.63 bits per heavy atom. The van der Waals surface area contributed by atoms with Gasteiger partial charge in [0.2, 0.25) is 0 Å². The van der Waals surface area contributed by atoms with Crippen molar-refractivity contribution in [2.24, 2.45) is 5.92 Å². The second-order valence-corrected chi connectivity index (χ2v) is 6.06. The molecule has 3 heteroatoms. The number of hydrogen-bond donors (Lipinski definition) is 0. The zero-order valence-corrected chi connectivity index (χ0v) is 13.5. The summed E-state index contributed by atoms with van der Waals surface area (Å²) in [6.45, 7) is 0.